The summed E-state index contributed by atoms with van der Waals surface area (Å²) in [6, 6.07) is 15.8. The van der Waals surface area contributed by atoms with E-state index in [-0.39, 0.29) is 11.8 Å². The van der Waals surface area contributed by atoms with Crippen molar-refractivity contribution in [1.82, 2.24) is 0 Å². The van der Waals surface area contributed by atoms with Gasteiger partial charge in [0.05, 0.1) is 0 Å². The second-order valence-corrected chi connectivity index (χ2v) is 5.79. The monoisotopic (exact) mass is 301 g/mol. The molecule has 1 N–H and O–H groups in total. The largest absolute Gasteiger partial charge is 0.326 e. The molecule has 0 saturated carbocycles. The van der Waals surface area contributed by atoms with Gasteiger partial charge >= 0.3 is 0 Å². The van der Waals surface area contributed by atoms with Crippen LogP contribution in [0.4, 0.5) is 5.69 Å². The molecule has 0 spiro atoms. The molecule has 1 atom stereocenters. The van der Waals surface area contributed by atoms with Crippen molar-refractivity contribution in [1.29, 1.82) is 0 Å². The lowest BCUT2D eigenvalue weighted by Crippen LogP contribution is -2.20. The Kier molecular flexibility index (Phi) is 5.40. The number of hydrogen-bond donors (Lipinski definition) is 1. The van der Waals surface area contributed by atoms with Gasteiger partial charge in [-0.2, -0.15) is 0 Å². The van der Waals surface area contributed by atoms with Gasteiger partial charge in [0.2, 0.25) is 5.91 Å². The first-order valence-corrected chi connectivity index (χ1v) is 7.55. The van der Waals surface area contributed by atoms with Crippen LogP contribution in [0.2, 0.25) is 5.02 Å². The number of halogens is 1. The van der Waals surface area contributed by atoms with Crippen molar-refractivity contribution in [3.8, 4) is 0 Å². The molecule has 0 aliphatic carbocycles. The Hall–Kier alpha value is -1.80. The Balaban J connectivity index is 1.89. The Morgan fingerprint density at radius 2 is 1.90 bits per heavy atom. The summed E-state index contributed by atoms with van der Waals surface area (Å²) in [6.45, 7) is 3.89. The standard InChI is InChI=1S/C18H20ClNO/c1-13(8-9-15-6-4-3-5-7-15)18(21)20-16-10-11-17(19)14(2)12-16/h3-7,10-13H,8-9H2,1-2H3,(H,20,21). The highest BCUT2D eigenvalue weighted by molar-refractivity contribution is 6.31. The Labute approximate surface area is 131 Å². The number of rotatable bonds is 5. The molecule has 1 amide bonds. The van der Waals surface area contributed by atoms with E-state index in [1.807, 2.05) is 44.2 Å². The van der Waals surface area contributed by atoms with Gasteiger partial charge in [0.1, 0.15) is 0 Å². The van der Waals surface area contributed by atoms with Crippen LogP contribution in [-0.2, 0) is 11.2 Å². The zero-order valence-electron chi connectivity index (χ0n) is 12.4. The van der Waals surface area contributed by atoms with Crippen molar-refractivity contribution in [2.24, 2.45) is 5.92 Å². The van der Waals surface area contributed by atoms with Crippen molar-refractivity contribution in [3.63, 3.8) is 0 Å². The van der Waals surface area contributed by atoms with Crippen LogP contribution >= 0.6 is 11.6 Å². The van der Waals surface area contributed by atoms with Crippen LogP contribution in [0.25, 0.3) is 0 Å². The first-order valence-electron chi connectivity index (χ1n) is 7.17. The predicted molar refractivity (Wildman–Crippen MR) is 88.7 cm³/mol. The van der Waals surface area contributed by atoms with Gasteiger partial charge in [-0.1, -0.05) is 48.9 Å². The second kappa shape index (κ2) is 7.28. The first kappa shape index (κ1) is 15.6. The summed E-state index contributed by atoms with van der Waals surface area (Å²) in [5, 5.41) is 3.66. The highest BCUT2D eigenvalue weighted by Gasteiger charge is 2.13. The highest BCUT2D eigenvalue weighted by atomic mass is 35.5. The van der Waals surface area contributed by atoms with Crippen molar-refractivity contribution in [2.75, 3.05) is 5.32 Å². The second-order valence-electron chi connectivity index (χ2n) is 5.38. The van der Waals surface area contributed by atoms with Gasteiger partial charge in [0.15, 0.2) is 0 Å². The van der Waals surface area contributed by atoms with Crippen LogP contribution in [0.3, 0.4) is 0 Å². The summed E-state index contributed by atoms with van der Waals surface area (Å²) >= 11 is 5.98. The number of benzene rings is 2. The Morgan fingerprint density at radius 1 is 1.19 bits per heavy atom. The van der Waals surface area contributed by atoms with Gasteiger partial charge < -0.3 is 5.32 Å². The molecular formula is C18H20ClNO. The molecule has 2 aromatic rings. The van der Waals surface area contributed by atoms with E-state index in [1.165, 1.54) is 5.56 Å². The number of carbonyl (C=O) groups is 1. The number of carbonyl (C=O) groups excluding carboxylic acids is 1. The molecule has 0 radical (unpaired) electrons. The minimum absolute atomic E-state index is 0.0267. The van der Waals surface area contributed by atoms with E-state index in [4.69, 9.17) is 11.6 Å². The van der Waals surface area contributed by atoms with Crippen LogP contribution in [0, 0.1) is 12.8 Å². The average molecular weight is 302 g/mol. The maximum Gasteiger partial charge on any atom is 0.227 e. The summed E-state index contributed by atoms with van der Waals surface area (Å²) in [7, 11) is 0. The van der Waals surface area contributed by atoms with Crippen molar-refractivity contribution in [3.05, 3.63) is 64.7 Å². The Bertz CT molecular complexity index is 610. The quantitative estimate of drug-likeness (QED) is 0.840. The van der Waals surface area contributed by atoms with Gasteiger partial charge in [-0.25, -0.2) is 0 Å². The molecular weight excluding hydrogens is 282 g/mol. The third kappa shape index (κ3) is 4.61. The summed E-state index contributed by atoms with van der Waals surface area (Å²) in [5.74, 6) is 0.0221. The molecule has 0 aliphatic heterocycles. The fourth-order valence-corrected chi connectivity index (χ4v) is 2.26. The van der Waals surface area contributed by atoms with Gasteiger partial charge in [-0.05, 0) is 49.1 Å². The summed E-state index contributed by atoms with van der Waals surface area (Å²) in [5.41, 5.74) is 3.03. The molecule has 21 heavy (non-hydrogen) atoms. The highest BCUT2D eigenvalue weighted by Crippen LogP contribution is 2.20. The van der Waals surface area contributed by atoms with E-state index in [2.05, 4.69) is 17.4 Å². The van der Waals surface area contributed by atoms with Crippen LogP contribution < -0.4 is 5.32 Å². The maximum absolute atomic E-state index is 12.2. The minimum atomic E-state index is -0.0267. The molecule has 0 bridgehead atoms. The normalized spacial score (nSPS) is 12.0. The van der Waals surface area contributed by atoms with Crippen molar-refractivity contribution in [2.45, 2.75) is 26.7 Å². The molecule has 2 nitrogen and oxygen atoms in total. The van der Waals surface area contributed by atoms with Gasteiger partial charge in [0.25, 0.3) is 0 Å². The first-order chi connectivity index (χ1) is 10.1. The van der Waals surface area contributed by atoms with E-state index < -0.39 is 0 Å². The molecule has 0 saturated heterocycles. The lowest BCUT2D eigenvalue weighted by molar-refractivity contribution is -0.119. The topological polar surface area (TPSA) is 29.1 Å². The number of aryl methyl sites for hydroxylation is 2. The molecule has 0 fully saturated rings. The van der Waals surface area contributed by atoms with Gasteiger partial charge in [0, 0.05) is 16.6 Å². The van der Waals surface area contributed by atoms with E-state index >= 15 is 0 Å². The average Bonchev–Trinajstić information content (AvgIpc) is 2.49. The van der Waals surface area contributed by atoms with Crippen molar-refractivity contribution >= 4 is 23.2 Å². The zero-order chi connectivity index (χ0) is 15.2. The third-order valence-electron chi connectivity index (χ3n) is 3.58. The fourth-order valence-electron chi connectivity index (χ4n) is 2.15. The third-order valence-corrected chi connectivity index (χ3v) is 4.01. The fraction of sp³-hybridized carbons (Fsp3) is 0.278. The number of nitrogens with one attached hydrogen (secondary N) is 1. The number of hydrogen-bond acceptors (Lipinski definition) is 1. The van der Waals surface area contributed by atoms with Crippen molar-refractivity contribution < 1.29 is 4.79 Å². The number of amides is 1. The predicted octanol–water partition coefficient (Wildman–Crippen LogP) is 4.86. The van der Waals surface area contributed by atoms with E-state index in [0.29, 0.717) is 5.02 Å². The van der Waals surface area contributed by atoms with Crippen LogP contribution in [0.5, 0.6) is 0 Å². The molecule has 0 aromatic heterocycles. The SMILES string of the molecule is Cc1cc(NC(=O)C(C)CCc2ccccc2)ccc1Cl. The van der Waals surface area contributed by atoms with Gasteiger partial charge in [-0.15, -0.1) is 0 Å². The zero-order valence-corrected chi connectivity index (χ0v) is 13.2. The molecule has 1 unspecified atom stereocenters. The summed E-state index contributed by atoms with van der Waals surface area (Å²) < 4.78 is 0. The lowest BCUT2D eigenvalue weighted by Gasteiger charge is -2.13. The maximum atomic E-state index is 12.2. The molecule has 110 valence electrons. The lowest BCUT2D eigenvalue weighted by atomic mass is 10.0. The Morgan fingerprint density at radius 3 is 2.57 bits per heavy atom. The number of anilines is 1. The molecule has 3 heteroatoms. The van der Waals surface area contributed by atoms with E-state index in [0.717, 1.165) is 24.1 Å². The smallest absolute Gasteiger partial charge is 0.227 e. The van der Waals surface area contributed by atoms with E-state index in [9.17, 15) is 4.79 Å². The van der Waals surface area contributed by atoms with Crippen LogP contribution in [0.15, 0.2) is 48.5 Å². The molecule has 2 rings (SSSR count). The molecule has 0 aliphatic rings. The van der Waals surface area contributed by atoms with Gasteiger partial charge in [-0.3, -0.25) is 4.79 Å². The minimum Gasteiger partial charge on any atom is -0.326 e. The molecule has 0 heterocycles. The molecule has 2 aromatic carbocycles. The van der Waals surface area contributed by atoms with Crippen LogP contribution in [0.1, 0.15) is 24.5 Å². The summed E-state index contributed by atoms with van der Waals surface area (Å²) in [6.07, 6.45) is 1.75. The van der Waals surface area contributed by atoms with E-state index in [1.54, 1.807) is 6.07 Å². The van der Waals surface area contributed by atoms with Crippen LogP contribution in [-0.4, -0.2) is 5.91 Å². The summed E-state index contributed by atoms with van der Waals surface area (Å²) in [4.78, 5) is 12.2.